The zero-order valence-electron chi connectivity index (χ0n) is 10.00. The van der Waals surface area contributed by atoms with E-state index in [1.54, 1.807) is 32.0 Å². The summed E-state index contributed by atoms with van der Waals surface area (Å²) in [6, 6.07) is 4.32. The van der Waals surface area contributed by atoms with Crippen LogP contribution < -0.4 is 5.32 Å². The van der Waals surface area contributed by atoms with Crippen LogP contribution in [0.3, 0.4) is 0 Å². The third-order valence-corrected chi connectivity index (χ3v) is 3.34. The zero-order chi connectivity index (χ0) is 13.7. The Bertz CT molecular complexity index is 465. The van der Waals surface area contributed by atoms with E-state index in [4.69, 9.17) is 16.3 Å². The lowest BCUT2D eigenvalue weighted by Crippen LogP contribution is -2.39. The number of rotatable bonds is 4. The van der Waals surface area contributed by atoms with Crippen molar-refractivity contribution >= 4 is 46.1 Å². The maximum Gasteiger partial charge on any atom is 0.328 e. The normalized spacial score (nSPS) is 11.8. The van der Waals surface area contributed by atoms with Gasteiger partial charge in [0, 0.05) is 8.59 Å². The molecule has 0 saturated heterocycles. The first-order valence-electron chi connectivity index (χ1n) is 5.38. The van der Waals surface area contributed by atoms with Crippen LogP contribution in [0.1, 0.15) is 24.2 Å². The van der Waals surface area contributed by atoms with E-state index in [0.29, 0.717) is 10.6 Å². The van der Waals surface area contributed by atoms with Crippen molar-refractivity contribution in [2.24, 2.45) is 0 Å². The second-order valence-electron chi connectivity index (χ2n) is 3.57. The molecule has 0 fully saturated rings. The molecule has 1 atom stereocenters. The van der Waals surface area contributed by atoms with Crippen LogP contribution in [0.5, 0.6) is 0 Å². The molecule has 18 heavy (non-hydrogen) atoms. The van der Waals surface area contributed by atoms with Crippen LogP contribution in [0.25, 0.3) is 0 Å². The van der Waals surface area contributed by atoms with Gasteiger partial charge in [-0.15, -0.1) is 0 Å². The average molecular weight is 382 g/mol. The summed E-state index contributed by atoms with van der Waals surface area (Å²) in [5, 5.41) is 3.05. The number of carbonyl (C=O) groups is 2. The molecule has 0 aromatic heterocycles. The van der Waals surface area contributed by atoms with Crippen LogP contribution >= 0.6 is 34.2 Å². The summed E-state index contributed by atoms with van der Waals surface area (Å²) in [7, 11) is 0. The SMILES string of the molecule is CCOC(=O)C(C)NC(=O)c1cc(Cl)ccc1I. The number of ether oxygens (including phenoxy) is 1. The Labute approximate surface area is 124 Å². The fourth-order valence-corrected chi connectivity index (χ4v) is 2.02. The Hall–Kier alpha value is -0.820. The van der Waals surface area contributed by atoms with E-state index in [-0.39, 0.29) is 12.5 Å². The first kappa shape index (κ1) is 15.2. The molecule has 6 heteroatoms. The lowest BCUT2D eigenvalue weighted by molar-refractivity contribution is -0.144. The number of amides is 1. The number of carbonyl (C=O) groups excluding carboxylic acids is 2. The number of esters is 1. The summed E-state index contributed by atoms with van der Waals surface area (Å²) >= 11 is 7.87. The molecule has 98 valence electrons. The Balaban J connectivity index is 2.76. The molecule has 0 bridgehead atoms. The quantitative estimate of drug-likeness (QED) is 0.644. The van der Waals surface area contributed by atoms with Gasteiger partial charge in [-0.1, -0.05) is 11.6 Å². The highest BCUT2D eigenvalue weighted by atomic mass is 127. The summed E-state index contributed by atoms with van der Waals surface area (Å²) in [6.07, 6.45) is 0. The first-order chi connectivity index (χ1) is 8.45. The summed E-state index contributed by atoms with van der Waals surface area (Å²) < 4.78 is 5.58. The van der Waals surface area contributed by atoms with Crippen molar-refractivity contribution in [1.29, 1.82) is 0 Å². The largest absolute Gasteiger partial charge is 0.464 e. The molecule has 1 rings (SSSR count). The van der Waals surface area contributed by atoms with Crippen molar-refractivity contribution in [1.82, 2.24) is 5.32 Å². The molecule has 1 N–H and O–H groups in total. The number of hydrogen-bond donors (Lipinski definition) is 1. The molecular formula is C12H13ClINO3. The monoisotopic (exact) mass is 381 g/mol. The molecule has 0 radical (unpaired) electrons. The van der Waals surface area contributed by atoms with Gasteiger partial charge in [-0.3, -0.25) is 4.79 Å². The zero-order valence-corrected chi connectivity index (χ0v) is 12.9. The number of halogens is 2. The van der Waals surface area contributed by atoms with E-state index < -0.39 is 12.0 Å². The Morgan fingerprint density at radius 2 is 2.17 bits per heavy atom. The summed E-state index contributed by atoms with van der Waals surface area (Å²) in [6.45, 7) is 3.58. The van der Waals surface area contributed by atoms with Crippen molar-refractivity contribution in [3.63, 3.8) is 0 Å². The van der Waals surface area contributed by atoms with Gasteiger partial charge in [-0.2, -0.15) is 0 Å². The predicted molar refractivity (Wildman–Crippen MR) is 77.7 cm³/mol. The van der Waals surface area contributed by atoms with Gasteiger partial charge in [0.1, 0.15) is 6.04 Å². The lowest BCUT2D eigenvalue weighted by Gasteiger charge is -2.13. The third kappa shape index (κ3) is 4.13. The lowest BCUT2D eigenvalue weighted by atomic mass is 10.2. The van der Waals surface area contributed by atoms with E-state index in [0.717, 1.165) is 3.57 Å². The molecular weight excluding hydrogens is 368 g/mol. The highest BCUT2D eigenvalue weighted by Gasteiger charge is 2.19. The molecule has 1 aromatic rings. The summed E-state index contributed by atoms with van der Waals surface area (Å²) in [5.41, 5.74) is 0.444. The fourth-order valence-electron chi connectivity index (χ4n) is 1.27. The van der Waals surface area contributed by atoms with Gasteiger partial charge in [0.05, 0.1) is 12.2 Å². The van der Waals surface area contributed by atoms with Crippen LogP contribution in [0.15, 0.2) is 18.2 Å². The standard InChI is InChI=1S/C12H13ClINO3/c1-3-18-12(17)7(2)15-11(16)9-6-8(13)4-5-10(9)14/h4-7H,3H2,1-2H3,(H,15,16). The van der Waals surface area contributed by atoms with Gasteiger partial charge in [-0.05, 0) is 54.6 Å². The Kier molecular flexibility index (Phi) is 5.87. The minimum atomic E-state index is -0.688. The van der Waals surface area contributed by atoms with Gasteiger partial charge < -0.3 is 10.1 Å². The summed E-state index contributed by atoms with van der Waals surface area (Å²) in [5.74, 6) is -0.801. The number of benzene rings is 1. The molecule has 0 aliphatic rings. The van der Waals surface area contributed by atoms with Gasteiger partial charge in [-0.25, -0.2) is 4.79 Å². The summed E-state index contributed by atoms with van der Waals surface area (Å²) in [4.78, 5) is 23.4. The molecule has 1 unspecified atom stereocenters. The second kappa shape index (κ2) is 6.94. The minimum absolute atomic E-state index is 0.285. The smallest absolute Gasteiger partial charge is 0.328 e. The molecule has 4 nitrogen and oxygen atoms in total. The molecule has 0 aliphatic heterocycles. The van der Waals surface area contributed by atoms with Crippen LogP contribution in [-0.2, 0) is 9.53 Å². The van der Waals surface area contributed by atoms with Crippen molar-refractivity contribution in [2.75, 3.05) is 6.61 Å². The molecule has 1 amide bonds. The van der Waals surface area contributed by atoms with E-state index in [2.05, 4.69) is 5.32 Å². The van der Waals surface area contributed by atoms with Gasteiger partial charge in [0.15, 0.2) is 0 Å². The van der Waals surface area contributed by atoms with E-state index >= 15 is 0 Å². The molecule has 0 saturated carbocycles. The second-order valence-corrected chi connectivity index (χ2v) is 5.17. The molecule has 0 spiro atoms. The van der Waals surface area contributed by atoms with Crippen LogP contribution in [0.4, 0.5) is 0 Å². The van der Waals surface area contributed by atoms with Gasteiger partial charge >= 0.3 is 5.97 Å². The first-order valence-corrected chi connectivity index (χ1v) is 6.84. The topological polar surface area (TPSA) is 55.4 Å². The van der Waals surface area contributed by atoms with Gasteiger partial charge in [0.2, 0.25) is 0 Å². The minimum Gasteiger partial charge on any atom is -0.464 e. The van der Waals surface area contributed by atoms with Gasteiger partial charge in [0.25, 0.3) is 5.91 Å². The van der Waals surface area contributed by atoms with E-state index in [1.165, 1.54) is 0 Å². The highest BCUT2D eigenvalue weighted by molar-refractivity contribution is 14.1. The maximum absolute atomic E-state index is 12.0. The Morgan fingerprint density at radius 1 is 1.50 bits per heavy atom. The Morgan fingerprint density at radius 3 is 2.78 bits per heavy atom. The van der Waals surface area contributed by atoms with Crippen LogP contribution in [0, 0.1) is 3.57 Å². The van der Waals surface area contributed by atoms with Crippen molar-refractivity contribution in [2.45, 2.75) is 19.9 Å². The number of hydrogen-bond acceptors (Lipinski definition) is 3. The van der Waals surface area contributed by atoms with Crippen LogP contribution in [0.2, 0.25) is 5.02 Å². The van der Waals surface area contributed by atoms with E-state index in [1.807, 2.05) is 22.6 Å². The third-order valence-electron chi connectivity index (χ3n) is 2.16. The van der Waals surface area contributed by atoms with Crippen LogP contribution in [-0.4, -0.2) is 24.5 Å². The van der Waals surface area contributed by atoms with Crippen molar-refractivity contribution < 1.29 is 14.3 Å². The maximum atomic E-state index is 12.0. The highest BCUT2D eigenvalue weighted by Crippen LogP contribution is 2.17. The predicted octanol–water partition coefficient (Wildman–Crippen LogP) is 2.63. The molecule has 0 heterocycles. The van der Waals surface area contributed by atoms with Crippen molar-refractivity contribution in [3.8, 4) is 0 Å². The van der Waals surface area contributed by atoms with E-state index in [9.17, 15) is 9.59 Å². The average Bonchev–Trinajstić information content (AvgIpc) is 2.32. The molecule has 1 aromatic carbocycles. The fraction of sp³-hybridized carbons (Fsp3) is 0.333. The van der Waals surface area contributed by atoms with Crippen molar-refractivity contribution in [3.05, 3.63) is 32.4 Å². The number of nitrogens with one attached hydrogen (secondary N) is 1. The molecule has 0 aliphatic carbocycles.